The lowest BCUT2D eigenvalue weighted by molar-refractivity contribution is -0.144. The third-order valence-electron chi connectivity index (χ3n) is 20.9. The first-order chi connectivity index (χ1) is 66.9. The Balaban J connectivity index is 0.000000841. The van der Waals surface area contributed by atoms with Gasteiger partial charge in [0.2, 0.25) is 59.1 Å². The molecule has 140 heavy (non-hydrogen) atoms. The zero-order valence-corrected chi connectivity index (χ0v) is 84.2. The van der Waals surface area contributed by atoms with Gasteiger partial charge in [0.05, 0.1) is 230 Å². The molecule has 0 spiro atoms. The van der Waals surface area contributed by atoms with Crippen LogP contribution in [-0.2, 0) is 147 Å². The number of aromatic hydroxyl groups is 1. The predicted octanol–water partition coefficient (Wildman–Crippen LogP) is -4.46. The smallest absolute Gasteiger partial charge is 0.407 e. The molecule has 0 saturated carbocycles. The maximum Gasteiger partial charge on any atom is 0.407 e. The van der Waals surface area contributed by atoms with E-state index in [2.05, 4.69) is 68.6 Å². The number of benzene rings is 1. The molecule has 11 atom stereocenters. The molecule has 1 aromatic carbocycles. The highest BCUT2D eigenvalue weighted by atomic mass is 32.2. The van der Waals surface area contributed by atoms with Crippen molar-refractivity contribution in [1.82, 2.24) is 74.5 Å². The van der Waals surface area contributed by atoms with E-state index in [9.17, 15) is 87.5 Å². The van der Waals surface area contributed by atoms with Gasteiger partial charge in [0.1, 0.15) is 35.5 Å². The van der Waals surface area contributed by atoms with Crippen LogP contribution in [0.2, 0.25) is 0 Å². The third kappa shape index (κ3) is 51.6. The number of aromatic nitrogens is 1. The first-order valence-corrected chi connectivity index (χ1v) is 51.2. The van der Waals surface area contributed by atoms with Crippen molar-refractivity contribution in [2.45, 2.75) is 120 Å². The molecule has 0 aliphatic carbocycles. The van der Waals surface area contributed by atoms with Crippen LogP contribution in [0, 0.1) is 23.7 Å². The maximum absolute atomic E-state index is 15.2. The number of fused-ring (bicyclic) bond motifs is 5. The molecule has 53 heteroatoms. The lowest BCUT2D eigenvalue weighted by atomic mass is 9.85. The van der Waals surface area contributed by atoms with E-state index in [1.54, 1.807) is 37.4 Å². The van der Waals surface area contributed by atoms with Crippen molar-refractivity contribution in [3.63, 3.8) is 0 Å². The van der Waals surface area contributed by atoms with Gasteiger partial charge in [0, 0.05) is 117 Å². The zero-order valence-electron chi connectivity index (χ0n) is 80.9. The first kappa shape index (κ1) is 125. The molecule has 1 unspecified atom stereocenters. The number of rotatable bonds is 63. The first-order valence-electron chi connectivity index (χ1n) is 45.9. The van der Waals surface area contributed by atoms with Crippen LogP contribution in [-0.4, -0.2) is 419 Å². The quantitative estimate of drug-likeness (QED) is 0.0169. The molecule has 3 aliphatic heterocycles. The molecule has 0 radical (unpaired) electrons. The van der Waals surface area contributed by atoms with E-state index < -0.39 is 218 Å². The molecule has 5 rings (SSSR count). The molecule has 1 saturated heterocycles. The lowest BCUT2D eigenvalue weighted by Crippen LogP contribution is -2.60. The molecule has 49 nitrogen and oxygen atoms in total. The van der Waals surface area contributed by atoms with Crippen molar-refractivity contribution in [3.05, 3.63) is 35.2 Å². The number of nitrogens with zero attached hydrogens (tertiary/aromatic N) is 2. The number of hydrogen-bond donors (Lipinski definition) is 19. The second-order valence-electron chi connectivity index (χ2n) is 31.6. The number of nitrogens with two attached hydrogens (primary N) is 2. The van der Waals surface area contributed by atoms with Crippen molar-refractivity contribution in [1.29, 1.82) is 0 Å². The normalized spacial score (nSPS) is 19.2. The van der Waals surface area contributed by atoms with Crippen molar-refractivity contribution >= 4 is 145 Å². The van der Waals surface area contributed by atoms with Crippen LogP contribution in [0.5, 0.6) is 5.75 Å². The number of alkyl carbamates (subject to hydrolysis) is 1. The number of carbonyl (C=O) groups is 14. The number of oxime groups is 1. The highest BCUT2D eigenvalue weighted by Gasteiger charge is 2.46. The summed E-state index contributed by atoms with van der Waals surface area (Å²) in [6.45, 7) is 14.9. The van der Waals surface area contributed by atoms with E-state index in [1.165, 1.54) is 37.0 Å². The maximum atomic E-state index is 15.2. The van der Waals surface area contributed by atoms with E-state index in [-0.39, 0.29) is 98.5 Å². The van der Waals surface area contributed by atoms with Crippen molar-refractivity contribution in [2.75, 3.05) is 260 Å². The number of Topliss-reactive ketones (excluding diaryl/α,β-unsaturated/α-hetero) is 2. The van der Waals surface area contributed by atoms with Crippen LogP contribution < -0.4 is 76.1 Å². The molecule has 2 bridgehead atoms. The minimum Gasteiger partial charge on any atom is -0.508 e. The average molecular weight is 2070 g/mol. The SMILES string of the molecule is CCOCCOCCOCCOCCN/C=C(\N)COC(=O)NCCNC(=O)CNC(=O)CNC(=O)CNC(=O)CON=C(CSC)CSC.CCOCCOCCOCCOCCOCCOCCOCCSCc1c(O)ccc2c3c([nH]c12)S(=O)C[C@H]1NC(=O)CNC(=O)[C@H]([C@@H](C)CC)CC(=O)CNC(=O)[C@@H](CC(=O)[C@H]([C@@H](C)[C@@H](O)CO)NC(=O)[C@@H]2C[C@@H](O)CN2C(=O)[C@H](CC(N)=O)NC1=O)C3.N. The molecule has 23 N–H and O–H groups in total. The molecule has 1 aromatic heterocycles. The summed E-state index contributed by atoms with van der Waals surface area (Å²) >= 11 is 4.54. The fraction of sp³-hybridized carbons (Fsp3) is 0.713. The third-order valence-corrected chi connectivity index (χ3v) is 24.6. The molecule has 12 amide bonds. The predicted molar refractivity (Wildman–Crippen MR) is 518 cm³/mol. The second kappa shape index (κ2) is 74.6. The van der Waals surface area contributed by atoms with Crippen LogP contribution in [0.4, 0.5) is 4.79 Å². The molecular weight excluding hydrogens is 1920 g/mol. The number of thioether (sulfide) groups is 3. The molecule has 2 aromatic rings. The molecular formula is C87H147N17O32S4. The fourth-order valence-electron chi connectivity index (χ4n) is 13.4. The van der Waals surface area contributed by atoms with Crippen molar-refractivity contribution in [2.24, 2.45) is 40.3 Å². The highest BCUT2D eigenvalue weighted by Crippen LogP contribution is 2.37. The zero-order chi connectivity index (χ0) is 102. The number of amides is 12. The van der Waals surface area contributed by atoms with Gasteiger partial charge in [0.15, 0.2) is 18.2 Å². The lowest BCUT2D eigenvalue weighted by Gasteiger charge is -2.32. The molecule has 4 heterocycles. The Labute approximate surface area is 830 Å². The number of nitrogens with one attached hydrogen (secondary N) is 12. The van der Waals surface area contributed by atoms with Crippen LogP contribution >= 0.6 is 35.3 Å². The van der Waals surface area contributed by atoms with Crippen LogP contribution in [0.15, 0.2) is 34.2 Å². The van der Waals surface area contributed by atoms with Crippen molar-refractivity contribution < 1.29 is 153 Å². The summed E-state index contributed by atoms with van der Waals surface area (Å²) in [5.41, 5.74) is 13.2. The fourth-order valence-corrected chi connectivity index (χ4v) is 16.8. The number of primary amides is 1. The van der Waals surface area contributed by atoms with Crippen LogP contribution in [0.3, 0.4) is 0 Å². The number of phenolic OH excluding ortho intramolecular Hbond substituents is 1. The summed E-state index contributed by atoms with van der Waals surface area (Å²) in [6.07, 6.45) is -0.787. The highest BCUT2D eigenvalue weighted by molar-refractivity contribution is 8.00. The number of ether oxygens (including phenoxy) is 12. The number of hydrogen-bond acceptors (Lipinski definition) is 39. The number of aliphatic hydroxyl groups excluding tert-OH is 3. The van der Waals surface area contributed by atoms with Gasteiger partial charge in [0.25, 0.3) is 5.91 Å². The second-order valence-corrected chi connectivity index (χ2v) is 35.9. The van der Waals surface area contributed by atoms with Gasteiger partial charge in [-0.25, -0.2) is 4.79 Å². The van der Waals surface area contributed by atoms with E-state index in [1.807, 2.05) is 26.4 Å². The van der Waals surface area contributed by atoms with Gasteiger partial charge < -0.3 is 168 Å². The van der Waals surface area contributed by atoms with Crippen LogP contribution in [0.1, 0.15) is 77.8 Å². The number of ketones is 2. The Morgan fingerprint density at radius 3 is 1.70 bits per heavy atom. The summed E-state index contributed by atoms with van der Waals surface area (Å²) in [7, 11) is -2.43. The van der Waals surface area contributed by atoms with E-state index in [0.29, 0.717) is 173 Å². The largest absolute Gasteiger partial charge is 0.508 e. The van der Waals surface area contributed by atoms with E-state index >= 15 is 4.21 Å². The van der Waals surface area contributed by atoms with Gasteiger partial charge in [-0.1, -0.05) is 32.3 Å². The number of carbonyl (C=O) groups excluding carboxylic acids is 14. The van der Waals surface area contributed by atoms with Gasteiger partial charge in [-0.2, -0.15) is 35.3 Å². The number of aliphatic hydroxyl groups is 3. The summed E-state index contributed by atoms with van der Waals surface area (Å²) in [4.78, 5) is 195. The minimum absolute atomic E-state index is 0. The van der Waals surface area contributed by atoms with E-state index in [0.717, 1.165) is 10.6 Å². The van der Waals surface area contributed by atoms with Gasteiger partial charge >= 0.3 is 6.09 Å². The van der Waals surface area contributed by atoms with Crippen molar-refractivity contribution in [3.8, 4) is 5.75 Å². The minimum atomic E-state index is -2.43. The Bertz CT molecular complexity index is 4180. The number of H-pyrrole nitrogens is 1. The Morgan fingerprint density at radius 1 is 0.629 bits per heavy atom. The summed E-state index contributed by atoms with van der Waals surface area (Å²) in [5.74, 6) is -13.9. The summed E-state index contributed by atoms with van der Waals surface area (Å²) in [5, 5.41) is 74.9. The summed E-state index contributed by atoms with van der Waals surface area (Å²) in [6, 6.07) is -4.10. The number of aromatic amines is 1. The average Bonchev–Trinajstić information content (AvgIpc) is 1.61. The van der Waals surface area contributed by atoms with E-state index in [4.69, 9.17) is 73.1 Å². The molecule has 1 fully saturated rings. The monoisotopic (exact) mass is 2070 g/mol. The standard InChI is InChI=1S/C58H90N8O21S2.C29H54N8O11S2.H3N/c1-5-34(3)40-25-37(68)28-60-53(75)36-23-41-39-7-8-46(70)42(32-88-22-21-87-20-19-86-18-17-85-16-15-84-14-13-83-12-11-82-10-9-81-6-2)52(39)65-57(41)89(80)33-44(62-50(74)29-61-54(40)76)55(77)63-43(27-49(59)73)58(79)66-30-38(69)26-45(66)56(78)64-51(47(71)24-36)35(4)48(72)31-67;1-4-43-9-10-45-13-14-46-12-11-44-8-7-31-15-23(30)19-47-29(42)33-6-5-32-25(38)16-34-26(39)17-35-27(40)18-36-28(41)20-48-37-24(21-49-2)22-50-3;/h7-8,34-36,38,40,43-45,48,51,65,67,69-70,72H,5-6,9-33H2,1-4H3,(H2,59,73)(H,60,75)(H,61,76)(H,62,74)(H,63,77)(H,64,78);15,31H,4-14,16-22,30H2,1-3H3,(H,32,38)(H,33,42)(H,34,39)(H,35,40)(H,36,41);1H3/b;23-15-;/t34-,35-,36+,38+,40-,43-,44+,45-,48-,51-,89?;;/m0../s1. The Kier molecular flexibility index (Phi) is 66.6. The Hall–Kier alpha value is -9.25. The van der Waals surface area contributed by atoms with Gasteiger partial charge in [-0.05, 0) is 56.4 Å². The van der Waals surface area contributed by atoms with Gasteiger partial charge in [-0.15, -0.1) is 0 Å². The number of phenols is 1. The van der Waals surface area contributed by atoms with Crippen LogP contribution in [0.25, 0.3) is 10.9 Å². The topological polar surface area (TPSA) is 708 Å². The Morgan fingerprint density at radius 2 is 1.16 bits per heavy atom. The molecule has 3 aliphatic rings. The van der Waals surface area contributed by atoms with Gasteiger partial charge in [-0.3, -0.25) is 66.5 Å². The molecule has 796 valence electrons. The summed E-state index contributed by atoms with van der Waals surface area (Å²) < 4.78 is 80.1.